The Kier molecular flexibility index (Phi) is 6.17. The van der Waals surface area contributed by atoms with Gasteiger partial charge in [0.25, 0.3) is 0 Å². The number of nitrogens with zero attached hydrogens (tertiary/aromatic N) is 1. The molecule has 21 heavy (non-hydrogen) atoms. The summed E-state index contributed by atoms with van der Waals surface area (Å²) in [5.74, 6) is -0.342. The second-order valence-corrected chi connectivity index (χ2v) is 5.12. The lowest BCUT2D eigenvalue weighted by molar-refractivity contribution is -0.121. The quantitative estimate of drug-likeness (QED) is 0.761. The fourth-order valence-electron chi connectivity index (χ4n) is 2.18. The highest BCUT2D eigenvalue weighted by atomic mass is 16.2. The van der Waals surface area contributed by atoms with E-state index in [4.69, 9.17) is 5.73 Å². The maximum Gasteiger partial charge on any atom is 0.321 e. The van der Waals surface area contributed by atoms with E-state index in [1.54, 1.807) is 6.92 Å². The molecule has 0 radical (unpaired) electrons. The van der Waals surface area contributed by atoms with E-state index in [-0.39, 0.29) is 11.9 Å². The summed E-state index contributed by atoms with van der Waals surface area (Å²) in [6.07, 6.45) is 0. The number of carbonyl (C=O) groups is 2. The summed E-state index contributed by atoms with van der Waals surface area (Å²) >= 11 is 0. The van der Waals surface area contributed by atoms with Gasteiger partial charge in [-0.1, -0.05) is 12.1 Å². The lowest BCUT2D eigenvalue weighted by Crippen LogP contribution is -2.51. The molecule has 3 amide bonds. The van der Waals surface area contributed by atoms with Gasteiger partial charge in [0.05, 0.1) is 0 Å². The number of nitrogens with one attached hydrogen (secondary N) is 2. The minimum absolute atomic E-state index is 0.110. The molecule has 0 aliphatic carbocycles. The highest BCUT2D eigenvalue weighted by Gasteiger charge is 2.25. The Labute approximate surface area is 125 Å². The first-order valence-electron chi connectivity index (χ1n) is 7.00. The maximum absolute atomic E-state index is 12.1. The van der Waals surface area contributed by atoms with Crippen LogP contribution in [0, 0.1) is 0 Å². The summed E-state index contributed by atoms with van der Waals surface area (Å²) in [4.78, 5) is 25.3. The molecule has 4 N–H and O–H groups in total. The van der Waals surface area contributed by atoms with Crippen molar-refractivity contribution in [2.24, 2.45) is 5.73 Å². The van der Waals surface area contributed by atoms with Gasteiger partial charge in [0.15, 0.2) is 0 Å². The van der Waals surface area contributed by atoms with Crippen LogP contribution in [-0.4, -0.2) is 31.1 Å². The smallest absolute Gasteiger partial charge is 0.321 e. The molecular weight excluding hydrogens is 268 g/mol. The number of nitrogens with two attached hydrogens (primary N) is 1. The zero-order chi connectivity index (χ0) is 16.0. The monoisotopic (exact) mass is 292 g/mol. The van der Waals surface area contributed by atoms with Gasteiger partial charge in [-0.3, -0.25) is 10.1 Å². The molecule has 0 saturated carbocycles. The van der Waals surface area contributed by atoms with Gasteiger partial charge < -0.3 is 16.0 Å². The summed E-state index contributed by atoms with van der Waals surface area (Å²) in [6, 6.07) is 6.89. The molecule has 116 valence electrons. The first-order chi connectivity index (χ1) is 9.90. The zero-order valence-corrected chi connectivity index (χ0v) is 13.0. The summed E-state index contributed by atoms with van der Waals surface area (Å²) in [6.45, 7) is 6.25. The molecule has 0 aliphatic rings. The number of benzene rings is 1. The first kappa shape index (κ1) is 17.0. The Bertz CT molecular complexity index is 485. The summed E-state index contributed by atoms with van der Waals surface area (Å²) in [5.41, 5.74) is 7.54. The molecule has 0 spiro atoms. The van der Waals surface area contributed by atoms with E-state index < -0.39 is 12.1 Å². The van der Waals surface area contributed by atoms with Gasteiger partial charge >= 0.3 is 6.03 Å². The van der Waals surface area contributed by atoms with Crippen molar-refractivity contribution < 1.29 is 9.59 Å². The third-order valence-electron chi connectivity index (χ3n) is 3.29. The van der Waals surface area contributed by atoms with Crippen molar-refractivity contribution in [1.82, 2.24) is 10.6 Å². The molecule has 6 nitrogen and oxygen atoms in total. The molecule has 0 fully saturated rings. The van der Waals surface area contributed by atoms with E-state index in [1.807, 2.05) is 43.0 Å². The minimum atomic E-state index is -0.506. The molecule has 0 aliphatic heterocycles. The second-order valence-electron chi connectivity index (χ2n) is 5.12. The molecule has 0 heterocycles. The van der Waals surface area contributed by atoms with Crippen LogP contribution >= 0.6 is 0 Å². The number of hydrogen-bond acceptors (Lipinski definition) is 4. The van der Waals surface area contributed by atoms with Gasteiger partial charge in [-0.25, -0.2) is 4.79 Å². The molecular formula is C15H24N4O2. The van der Waals surface area contributed by atoms with E-state index >= 15 is 0 Å². The maximum atomic E-state index is 12.1. The highest BCUT2D eigenvalue weighted by molar-refractivity contribution is 5.98. The van der Waals surface area contributed by atoms with E-state index in [0.717, 1.165) is 11.3 Å². The standard InChI is InChI=1S/C15H24N4O2/c1-10(2)19(11(3)14(20)18-15(21)17-4)13-7-5-12(9-16)6-8-13/h5-8,10-11H,9,16H2,1-4H3,(H2,17,18,20,21). The van der Waals surface area contributed by atoms with Crippen molar-refractivity contribution in [3.63, 3.8) is 0 Å². The van der Waals surface area contributed by atoms with Crippen LogP contribution in [0.25, 0.3) is 0 Å². The molecule has 1 unspecified atom stereocenters. The predicted molar refractivity (Wildman–Crippen MR) is 84.0 cm³/mol. The van der Waals surface area contributed by atoms with Crippen molar-refractivity contribution in [2.45, 2.75) is 39.4 Å². The van der Waals surface area contributed by atoms with Crippen LogP contribution in [0.3, 0.4) is 0 Å². The number of amides is 3. The van der Waals surface area contributed by atoms with Crippen molar-refractivity contribution in [3.05, 3.63) is 29.8 Å². The number of imide groups is 1. The van der Waals surface area contributed by atoms with Crippen LogP contribution in [-0.2, 0) is 11.3 Å². The fraction of sp³-hybridized carbons (Fsp3) is 0.467. The SMILES string of the molecule is CNC(=O)NC(=O)C(C)N(c1ccc(CN)cc1)C(C)C. The van der Waals surface area contributed by atoms with Gasteiger partial charge in [-0.2, -0.15) is 0 Å². The molecule has 0 aromatic heterocycles. The summed E-state index contributed by atoms with van der Waals surface area (Å²) in [5, 5.41) is 4.68. The molecule has 0 bridgehead atoms. The third-order valence-corrected chi connectivity index (χ3v) is 3.29. The fourth-order valence-corrected chi connectivity index (χ4v) is 2.18. The van der Waals surface area contributed by atoms with Crippen molar-refractivity contribution in [1.29, 1.82) is 0 Å². The topological polar surface area (TPSA) is 87.5 Å². The summed E-state index contributed by atoms with van der Waals surface area (Å²) in [7, 11) is 1.47. The Hall–Kier alpha value is -2.08. The van der Waals surface area contributed by atoms with Crippen LogP contribution in [0.4, 0.5) is 10.5 Å². The van der Waals surface area contributed by atoms with Crippen LogP contribution in [0.2, 0.25) is 0 Å². The van der Waals surface area contributed by atoms with Gasteiger partial charge in [-0.05, 0) is 38.5 Å². The van der Waals surface area contributed by atoms with Crippen LogP contribution < -0.4 is 21.3 Å². The Morgan fingerprint density at radius 3 is 2.19 bits per heavy atom. The number of hydrogen-bond donors (Lipinski definition) is 3. The zero-order valence-electron chi connectivity index (χ0n) is 13.0. The molecule has 6 heteroatoms. The molecule has 0 saturated heterocycles. The van der Waals surface area contributed by atoms with E-state index in [0.29, 0.717) is 6.54 Å². The number of carbonyl (C=O) groups excluding carboxylic acids is 2. The van der Waals surface area contributed by atoms with Gasteiger partial charge in [-0.15, -0.1) is 0 Å². The second kappa shape index (κ2) is 7.64. The summed E-state index contributed by atoms with van der Waals surface area (Å²) < 4.78 is 0. The largest absolute Gasteiger partial charge is 0.357 e. The predicted octanol–water partition coefficient (Wildman–Crippen LogP) is 1.20. The molecule has 1 aromatic carbocycles. The van der Waals surface area contributed by atoms with Crippen LogP contribution in [0.1, 0.15) is 26.3 Å². The Balaban J connectivity index is 2.94. The van der Waals surface area contributed by atoms with E-state index in [9.17, 15) is 9.59 Å². The lowest BCUT2D eigenvalue weighted by atomic mass is 10.1. The molecule has 1 atom stereocenters. The Morgan fingerprint density at radius 2 is 1.76 bits per heavy atom. The van der Waals surface area contributed by atoms with Crippen molar-refractivity contribution in [2.75, 3.05) is 11.9 Å². The van der Waals surface area contributed by atoms with Gasteiger partial charge in [0.2, 0.25) is 5.91 Å². The average Bonchev–Trinajstić information content (AvgIpc) is 2.47. The molecule has 1 rings (SSSR count). The lowest BCUT2D eigenvalue weighted by Gasteiger charge is -2.34. The average molecular weight is 292 g/mol. The van der Waals surface area contributed by atoms with Crippen molar-refractivity contribution in [3.8, 4) is 0 Å². The third kappa shape index (κ3) is 4.46. The molecule has 1 aromatic rings. The van der Waals surface area contributed by atoms with E-state index in [1.165, 1.54) is 7.05 Å². The first-order valence-corrected chi connectivity index (χ1v) is 7.00. The number of anilines is 1. The van der Waals surface area contributed by atoms with Gasteiger partial charge in [0.1, 0.15) is 6.04 Å². The number of urea groups is 1. The normalized spacial score (nSPS) is 11.9. The Morgan fingerprint density at radius 1 is 1.19 bits per heavy atom. The highest BCUT2D eigenvalue weighted by Crippen LogP contribution is 2.21. The van der Waals surface area contributed by atoms with E-state index in [2.05, 4.69) is 10.6 Å². The van der Waals surface area contributed by atoms with Crippen LogP contribution in [0.5, 0.6) is 0 Å². The van der Waals surface area contributed by atoms with Gasteiger partial charge in [0, 0.05) is 25.3 Å². The number of rotatable bonds is 5. The van der Waals surface area contributed by atoms with Crippen molar-refractivity contribution >= 4 is 17.6 Å². The minimum Gasteiger partial charge on any atom is -0.357 e. The van der Waals surface area contributed by atoms with Crippen LogP contribution in [0.15, 0.2) is 24.3 Å².